The normalized spacial score (nSPS) is 25.6. The van der Waals surface area contributed by atoms with Crippen LogP contribution < -0.4 is 5.32 Å². The molecule has 0 radical (unpaired) electrons. The molecule has 15 heavy (non-hydrogen) atoms. The standard InChI is InChI=1S/C9H13NO5/c1-6-3-8(10-4-9(12)13-2)15-14-7(6)5-11/h3,5,7-8,10H,4H2,1-2H3. The molecule has 0 saturated heterocycles. The van der Waals surface area contributed by atoms with Gasteiger partial charge in [-0.15, -0.1) is 0 Å². The van der Waals surface area contributed by atoms with Gasteiger partial charge in [-0.25, -0.2) is 9.78 Å². The van der Waals surface area contributed by atoms with Crippen LogP contribution in [0, 0.1) is 0 Å². The largest absolute Gasteiger partial charge is 0.468 e. The quantitative estimate of drug-likeness (QED) is 0.296. The predicted molar refractivity (Wildman–Crippen MR) is 49.6 cm³/mol. The highest BCUT2D eigenvalue weighted by atomic mass is 17.2. The maximum atomic E-state index is 10.8. The maximum absolute atomic E-state index is 10.8. The minimum atomic E-state index is -0.666. The zero-order chi connectivity index (χ0) is 11.3. The van der Waals surface area contributed by atoms with Crippen LogP contribution in [-0.4, -0.2) is 38.2 Å². The molecule has 0 bridgehead atoms. The molecule has 84 valence electrons. The maximum Gasteiger partial charge on any atom is 0.319 e. The lowest BCUT2D eigenvalue weighted by atomic mass is 10.1. The van der Waals surface area contributed by atoms with E-state index in [1.807, 2.05) is 0 Å². The van der Waals surface area contributed by atoms with E-state index in [1.165, 1.54) is 7.11 Å². The molecule has 1 N–H and O–H groups in total. The zero-order valence-corrected chi connectivity index (χ0v) is 8.56. The lowest BCUT2D eigenvalue weighted by molar-refractivity contribution is -0.337. The lowest BCUT2D eigenvalue weighted by Gasteiger charge is -2.23. The zero-order valence-electron chi connectivity index (χ0n) is 8.56. The van der Waals surface area contributed by atoms with E-state index >= 15 is 0 Å². The SMILES string of the molecule is COC(=O)CNC1C=C(C)C(C=O)OO1. The van der Waals surface area contributed by atoms with Crippen molar-refractivity contribution < 1.29 is 24.1 Å². The summed E-state index contributed by atoms with van der Waals surface area (Å²) in [6.45, 7) is 1.76. The number of methoxy groups -OCH3 is 1. The van der Waals surface area contributed by atoms with E-state index in [9.17, 15) is 9.59 Å². The third-order valence-electron chi connectivity index (χ3n) is 1.92. The summed E-state index contributed by atoms with van der Waals surface area (Å²) < 4.78 is 4.44. The van der Waals surface area contributed by atoms with Crippen molar-refractivity contribution in [1.29, 1.82) is 0 Å². The van der Waals surface area contributed by atoms with E-state index in [4.69, 9.17) is 9.78 Å². The van der Waals surface area contributed by atoms with Crippen LogP contribution in [0.4, 0.5) is 0 Å². The number of nitrogens with one attached hydrogen (secondary N) is 1. The Bertz CT molecular complexity index is 276. The molecule has 1 aliphatic heterocycles. The first-order chi connectivity index (χ1) is 7.17. The van der Waals surface area contributed by atoms with Gasteiger partial charge in [-0.2, -0.15) is 0 Å². The molecule has 0 saturated carbocycles. The van der Waals surface area contributed by atoms with Gasteiger partial charge >= 0.3 is 5.97 Å². The second-order valence-corrected chi connectivity index (χ2v) is 3.04. The van der Waals surface area contributed by atoms with Gasteiger partial charge in [0.25, 0.3) is 0 Å². The molecule has 0 amide bonds. The Hall–Kier alpha value is -1.24. The number of rotatable bonds is 4. The van der Waals surface area contributed by atoms with E-state index in [0.717, 1.165) is 5.57 Å². The molecular formula is C9H13NO5. The van der Waals surface area contributed by atoms with Crippen LogP contribution in [0.3, 0.4) is 0 Å². The van der Waals surface area contributed by atoms with Crippen LogP contribution >= 0.6 is 0 Å². The Morgan fingerprint density at radius 2 is 2.40 bits per heavy atom. The first-order valence-electron chi connectivity index (χ1n) is 4.43. The van der Waals surface area contributed by atoms with Crippen LogP contribution in [0.1, 0.15) is 6.92 Å². The fraction of sp³-hybridized carbons (Fsp3) is 0.556. The molecular weight excluding hydrogens is 202 g/mol. The Morgan fingerprint density at radius 1 is 1.67 bits per heavy atom. The lowest BCUT2D eigenvalue weighted by Crippen LogP contribution is -2.39. The number of esters is 1. The first-order valence-corrected chi connectivity index (χ1v) is 4.43. The Balaban J connectivity index is 2.42. The van der Waals surface area contributed by atoms with Gasteiger partial charge in [0.2, 0.25) is 0 Å². The molecule has 0 aromatic heterocycles. The molecule has 0 fully saturated rings. The molecule has 0 aromatic carbocycles. The van der Waals surface area contributed by atoms with Crippen molar-refractivity contribution in [3.8, 4) is 0 Å². The van der Waals surface area contributed by atoms with Crippen LogP contribution in [0.25, 0.3) is 0 Å². The molecule has 0 aromatic rings. The number of hydrogen-bond acceptors (Lipinski definition) is 6. The molecule has 6 nitrogen and oxygen atoms in total. The molecule has 0 spiro atoms. The minimum Gasteiger partial charge on any atom is -0.468 e. The number of ether oxygens (including phenoxy) is 1. The Morgan fingerprint density at radius 3 is 2.93 bits per heavy atom. The predicted octanol–water partition coefficient (Wildman–Crippen LogP) is -0.449. The number of carbonyl (C=O) groups is 2. The molecule has 1 heterocycles. The summed E-state index contributed by atoms with van der Waals surface area (Å²) >= 11 is 0. The van der Waals surface area contributed by atoms with Crippen LogP contribution in [-0.2, 0) is 24.1 Å². The van der Waals surface area contributed by atoms with Crippen molar-refractivity contribution in [1.82, 2.24) is 5.32 Å². The van der Waals surface area contributed by atoms with Gasteiger partial charge in [-0.1, -0.05) is 0 Å². The van der Waals surface area contributed by atoms with Crippen molar-refractivity contribution in [2.75, 3.05) is 13.7 Å². The second-order valence-electron chi connectivity index (χ2n) is 3.04. The molecule has 2 atom stereocenters. The van der Waals surface area contributed by atoms with Crippen LogP contribution in [0.5, 0.6) is 0 Å². The fourth-order valence-electron chi connectivity index (χ4n) is 1.04. The highest BCUT2D eigenvalue weighted by molar-refractivity contribution is 5.71. The number of hydrogen-bond donors (Lipinski definition) is 1. The minimum absolute atomic E-state index is 0.0140. The third kappa shape index (κ3) is 3.43. The van der Waals surface area contributed by atoms with Crippen molar-refractivity contribution in [3.63, 3.8) is 0 Å². The summed E-state index contributed by atoms with van der Waals surface area (Å²) in [6.07, 6.45) is 1.11. The van der Waals surface area contributed by atoms with Gasteiger partial charge in [0.05, 0.1) is 13.7 Å². The van der Waals surface area contributed by atoms with Gasteiger partial charge < -0.3 is 4.74 Å². The van der Waals surface area contributed by atoms with Crippen LogP contribution in [0.15, 0.2) is 11.6 Å². The average Bonchev–Trinajstić information content (AvgIpc) is 2.26. The molecule has 1 rings (SSSR count). The highest BCUT2D eigenvalue weighted by Gasteiger charge is 2.21. The highest BCUT2D eigenvalue weighted by Crippen LogP contribution is 2.13. The smallest absolute Gasteiger partial charge is 0.319 e. The Labute approximate surface area is 87.1 Å². The summed E-state index contributed by atoms with van der Waals surface area (Å²) in [4.78, 5) is 30.8. The van der Waals surface area contributed by atoms with Crippen LogP contribution in [0.2, 0.25) is 0 Å². The fourth-order valence-corrected chi connectivity index (χ4v) is 1.04. The van der Waals surface area contributed by atoms with Gasteiger partial charge in [-0.3, -0.25) is 14.9 Å². The van der Waals surface area contributed by atoms with Crippen molar-refractivity contribution in [2.45, 2.75) is 19.3 Å². The average molecular weight is 215 g/mol. The van der Waals surface area contributed by atoms with Crippen molar-refractivity contribution in [2.24, 2.45) is 0 Å². The van der Waals surface area contributed by atoms with E-state index in [0.29, 0.717) is 6.29 Å². The molecule has 6 heteroatoms. The van der Waals surface area contributed by atoms with E-state index in [-0.39, 0.29) is 6.54 Å². The van der Waals surface area contributed by atoms with Gasteiger partial charge in [0.15, 0.2) is 18.6 Å². The van der Waals surface area contributed by atoms with Crippen molar-refractivity contribution in [3.05, 3.63) is 11.6 Å². The third-order valence-corrected chi connectivity index (χ3v) is 1.92. The van der Waals surface area contributed by atoms with E-state index in [2.05, 4.69) is 10.1 Å². The summed E-state index contributed by atoms with van der Waals surface area (Å²) in [5.74, 6) is -0.401. The topological polar surface area (TPSA) is 73.9 Å². The number of aldehydes is 1. The van der Waals surface area contributed by atoms with Crippen molar-refractivity contribution >= 4 is 12.3 Å². The number of carbonyl (C=O) groups excluding carboxylic acids is 2. The van der Waals surface area contributed by atoms with Gasteiger partial charge in [0, 0.05) is 0 Å². The Kier molecular flexibility index (Phi) is 4.41. The van der Waals surface area contributed by atoms with Gasteiger partial charge in [0.1, 0.15) is 0 Å². The molecule has 2 unspecified atom stereocenters. The first kappa shape index (κ1) is 11.8. The molecule has 1 aliphatic rings. The summed E-state index contributed by atoms with van der Waals surface area (Å²) in [5.41, 5.74) is 0.735. The summed E-state index contributed by atoms with van der Waals surface area (Å²) in [6, 6.07) is 0. The summed E-state index contributed by atoms with van der Waals surface area (Å²) in [7, 11) is 1.30. The molecule has 0 aliphatic carbocycles. The van der Waals surface area contributed by atoms with E-state index < -0.39 is 18.3 Å². The monoisotopic (exact) mass is 215 g/mol. The summed E-state index contributed by atoms with van der Waals surface area (Å²) in [5, 5.41) is 2.73. The van der Waals surface area contributed by atoms with E-state index in [1.54, 1.807) is 13.0 Å². The van der Waals surface area contributed by atoms with Gasteiger partial charge in [-0.05, 0) is 18.6 Å². The second kappa shape index (κ2) is 5.59.